The van der Waals surface area contributed by atoms with E-state index in [4.69, 9.17) is 4.74 Å². The van der Waals surface area contributed by atoms with Crippen LogP contribution in [0.2, 0.25) is 0 Å². The zero-order chi connectivity index (χ0) is 7.64. The first-order valence-electron chi connectivity index (χ1n) is 4.82. The Kier molecular flexibility index (Phi) is 0.976. The third-order valence-electron chi connectivity index (χ3n) is 4.33. The minimum Gasteiger partial charge on any atom is -0.381 e. The molecular formula is C10H16O. The van der Waals surface area contributed by atoms with Gasteiger partial charge in [-0.1, -0.05) is 6.92 Å². The topological polar surface area (TPSA) is 9.23 Å². The fourth-order valence-electron chi connectivity index (χ4n) is 3.51. The standard InChI is InChI=1S/C10H16O/c1-6-3-7-8-5-10(7,8)9(4-6)11-2/h6-9H,3-5H2,1-2H3. The molecule has 1 spiro atoms. The van der Waals surface area contributed by atoms with Crippen LogP contribution in [0, 0.1) is 23.2 Å². The molecule has 3 saturated carbocycles. The van der Waals surface area contributed by atoms with E-state index in [0.29, 0.717) is 6.10 Å². The molecule has 0 bridgehead atoms. The van der Waals surface area contributed by atoms with Crippen molar-refractivity contribution in [1.29, 1.82) is 0 Å². The minimum absolute atomic E-state index is 0.626. The molecule has 0 heterocycles. The van der Waals surface area contributed by atoms with Gasteiger partial charge in [0.1, 0.15) is 0 Å². The van der Waals surface area contributed by atoms with Crippen molar-refractivity contribution in [3.63, 3.8) is 0 Å². The van der Waals surface area contributed by atoms with Gasteiger partial charge in [-0.15, -0.1) is 0 Å². The highest BCUT2D eigenvalue weighted by molar-refractivity contribution is 5.30. The van der Waals surface area contributed by atoms with Crippen molar-refractivity contribution in [1.82, 2.24) is 0 Å². The molecule has 0 aromatic heterocycles. The van der Waals surface area contributed by atoms with Crippen LogP contribution in [0.4, 0.5) is 0 Å². The predicted octanol–water partition coefficient (Wildman–Crippen LogP) is 2.07. The third kappa shape index (κ3) is 0.581. The molecule has 0 saturated heterocycles. The smallest absolute Gasteiger partial charge is 0.0635 e. The van der Waals surface area contributed by atoms with Crippen LogP contribution in [-0.4, -0.2) is 13.2 Å². The van der Waals surface area contributed by atoms with Crippen LogP contribution in [0.1, 0.15) is 26.2 Å². The summed E-state index contributed by atoms with van der Waals surface area (Å²) in [5, 5.41) is 0. The highest BCUT2D eigenvalue weighted by Gasteiger charge is 2.82. The van der Waals surface area contributed by atoms with Crippen molar-refractivity contribution in [3.05, 3.63) is 0 Å². The van der Waals surface area contributed by atoms with E-state index in [2.05, 4.69) is 6.92 Å². The average Bonchev–Trinajstić information content (AvgIpc) is 2.81. The molecule has 0 N–H and O–H groups in total. The SMILES string of the molecule is COC1CC(C)CC2C3CC123. The summed E-state index contributed by atoms with van der Waals surface area (Å²) in [5.74, 6) is 3.09. The monoisotopic (exact) mass is 152 g/mol. The molecule has 3 fully saturated rings. The van der Waals surface area contributed by atoms with Crippen LogP contribution in [0.3, 0.4) is 0 Å². The van der Waals surface area contributed by atoms with Gasteiger partial charge >= 0.3 is 0 Å². The summed E-state index contributed by atoms with van der Waals surface area (Å²) in [6, 6.07) is 0. The summed E-state index contributed by atoms with van der Waals surface area (Å²) < 4.78 is 5.56. The Balaban J connectivity index is 1.82. The Labute approximate surface area is 68.1 Å². The van der Waals surface area contributed by atoms with E-state index in [1.165, 1.54) is 19.3 Å². The molecule has 5 unspecified atom stereocenters. The van der Waals surface area contributed by atoms with Gasteiger partial charge in [0.05, 0.1) is 6.10 Å². The lowest BCUT2D eigenvalue weighted by molar-refractivity contribution is 0.0119. The lowest BCUT2D eigenvalue weighted by Gasteiger charge is -2.31. The summed E-state index contributed by atoms with van der Waals surface area (Å²) >= 11 is 0. The number of ether oxygens (including phenoxy) is 1. The fourth-order valence-corrected chi connectivity index (χ4v) is 3.51. The van der Waals surface area contributed by atoms with Gasteiger partial charge in [-0.25, -0.2) is 0 Å². The maximum absolute atomic E-state index is 5.56. The largest absolute Gasteiger partial charge is 0.381 e. The zero-order valence-electron chi connectivity index (χ0n) is 7.34. The molecule has 0 radical (unpaired) electrons. The van der Waals surface area contributed by atoms with E-state index in [1.54, 1.807) is 0 Å². The van der Waals surface area contributed by atoms with Gasteiger partial charge in [0.15, 0.2) is 0 Å². The number of fused-ring (bicyclic) bond motifs is 1. The zero-order valence-corrected chi connectivity index (χ0v) is 7.34. The Morgan fingerprint density at radius 2 is 2.09 bits per heavy atom. The van der Waals surface area contributed by atoms with Crippen molar-refractivity contribution in [2.45, 2.75) is 32.3 Å². The molecule has 1 nitrogen and oxygen atoms in total. The molecule has 5 atom stereocenters. The molecule has 11 heavy (non-hydrogen) atoms. The molecular weight excluding hydrogens is 136 g/mol. The number of hydrogen-bond acceptors (Lipinski definition) is 1. The van der Waals surface area contributed by atoms with Crippen LogP contribution >= 0.6 is 0 Å². The molecule has 3 rings (SSSR count). The quantitative estimate of drug-likeness (QED) is 0.559. The Morgan fingerprint density at radius 3 is 2.73 bits per heavy atom. The van der Waals surface area contributed by atoms with Crippen LogP contribution in [-0.2, 0) is 4.74 Å². The van der Waals surface area contributed by atoms with E-state index >= 15 is 0 Å². The summed E-state index contributed by atoms with van der Waals surface area (Å²) in [5.41, 5.74) is 0.737. The maximum atomic E-state index is 5.56. The minimum atomic E-state index is 0.626. The lowest BCUT2D eigenvalue weighted by atomic mass is 9.80. The summed E-state index contributed by atoms with van der Waals surface area (Å²) in [6.45, 7) is 2.37. The second-order valence-electron chi connectivity index (χ2n) is 4.83. The van der Waals surface area contributed by atoms with E-state index in [1.807, 2.05) is 7.11 Å². The molecule has 3 aliphatic rings. The second-order valence-corrected chi connectivity index (χ2v) is 4.83. The Morgan fingerprint density at radius 1 is 1.27 bits per heavy atom. The van der Waals surface area contributed by atoms with Gasteiger partial charge in [-0.2, -0.15) is 0 Å². The summed E-state index contributed by atoms with van der Waals surface area (Å²) in [6.07, 6.45) is 4.93. The van der Waals surface area contributed by atoms with Crippen molar-refractivity contribution in [2.24, 2.45) is 23.2 Å². The van der Waals surface area contributed by atoms with Crippen molar-refractivity contribution < 1.29 is 4.74 Å². The number of hydrogen-bond donors (Lipinski definition) is 0. The van der Waals surface area contributed by atoms with E-state index in [-0.39, 0.29) is 0 Å². The van der Waals surface area contributed by atoms with Gasteiger partial charge in [0, 0.05) is 12.5 Å². The molecule has 62 valence electrons. The number of rotatable bonds is 1. The van der Waals surface area contributed by atoms with Gasteiger partial charge in [-0.3, -0.25) is 0 Å². The van der Waals surface area contributed by atoms with Crippen molar-refractivity contribution >= 4 is 0 Å². The number of methoxy groups -OCH3 is 1. The van der Waals surface area contributed by atoms with Crippen molar-refractivity contribution in [3.8, 4) is 0 Å². The second kappa shape index (κ2) is 1.66. The predicted molar refractivity (Wildman–Crippen MR) is 43.2 cm³/mol. The van der Waals surface area contributed by atoms with Crippen LogP contribution in [0.25, 0.3) is 0 Å². The molecule has 0 amide bonds. The van der Waals surface area contributed by atoms with Crippen molar-refractivity contribution in [2.75, 3.05) is 7.11 Å². The highest BCUT2D eigenvalue weighted by atomic mass is 16.5. The molecule has 3 aliphatic carbocycles. The first-order valence-corrected chi connectivity index (χ1v) is 4.82. The highest BCUT2D eigenvalue weighted by Crippen LogP contribution is 2.85. The first kappa shape index (κ1) is 6.47. The maximum Gasteiger partial charge on any atom is 0.0635 e. The molecule has 0 aromatic carbocycles. The van der Waals surface area contributed by atoms with E-state index in [0.717, 1.165) is 23.2 Å². The molecule has 0 aromatic rings. The van der Waals surface area contributed by atoms with Crippen LogP contribution < -0.4 is 0 Å². The van der Waals surface area contributed by atoms with E-state index < -0.39 is 0 Å². The summed E-state index contributed by atoms with van der Waals surface area (Å²) in [7, 11) is 1.89. The van der Waals surface area contributed by atoms with E-state index in [9.17, 15) is 0 Å². The van der Waals surface area contributed by atoms with Gasteiger partial charge in [-0.05, 0) is 37.0 Å². The third-order valence-corrected chi connectivity index (χ3v) is 4.33. The summed E-state index contributed by atoms with van der Waals surface area (Å²) in [4.78, 5) is 0. The molecule has 1 heteroatoms. The van der Waals surface area contributed by atoms with Crippen LogP contribution in [0.15, 0.2) is 0 Å². The normalized spacial score (nSPS) is 64.9. The van der Waals surface area contributed by atoms with Gasteiger partial charge in [0.2, 0.25) is 0 Å². The van der Waals surface area contributed by atoms with Gasteiger partial charge in [0.25, 0.3) is 0 Å². The van der Waals surface area contributed by atoms with Crippen LogP contribution in [0.5, 0.6) is 0 Å². The lowest BCUT2D eigenvalue weighted by Crippen LogP contribution is -2.29. The first-order chi connectivity index (χ1) is 5.29. The Hall–Kier alpha value is -0.0400. The van der Waals surface area contributed by atoms with Gasteiger partial charge < -0.3 is 4.74 Å². The average molecular weight is 152 g/mol. The Bertz CT molecular complexity index is 201. The molecule has 0 aliphatic heterocycles. The fraction of sp³-hybridized carbons (Fsp3) is 1.00.